The number of ether oxygens (including phenoxy) is 2. The fourth-order valence-electron chi connectivity index (χ4n) is 3.18. The molecular formula is C19H19Cl2N3O2S. The predicted molar refractivity (Wildman–Crippen MR) is 112 cm³/mol. The molecule has 1 saturated heterocycles. The first kappa shape index (κ1) is 18.6. The molecule has 0 aromatic heterocycles. The summed E-state index contributed by atoms with van der Waals surface area (Å²) in [6.07, 6.45) is 0. The van der Waals surface area contributed by atoms with Crippen molar-refractivity contribution in [3.63, 3.8) is 0 Å². The van der Waals surface area contributed by atoms with E-state index in [1.54, 1.807) is 6.07 Å². The fourth-order valence-corrected chi connectivity index (χ4v) is 3.95. The van der Waals surface area contributed by atoms with E-state index in [4.69, 9.17) is 44.9 Å². The first-order chi connectivity index (χ1) is 13.1. The Hall–Kier alpha value is -1.73. The fraction of sp³-hybridized carbons (Fsp3) is 0.316. The number of nitrogens with one attached hydrogen (secondary N) is 1. The molecule has 0 bridgehead atoms. The van der Waals surface area contributed by atoms with Crippen LogP contribution in [0.5, 0.6) is 11.5 Å². The maximum Gasteiger partial charge on any atom is 0.231 e. The zero-order chi connectivity index (χ0) is 18.8. The molecule has 2 heterocycles. The van der Waals surface area contributed by atoms with E-state index >= 15 is 0 Å². The molecule has 5 nitrogen and oxygen atoms in total. The third kappa shape index (κ3) is 4.41. The molecule has 8 heteroatoms. The van der Waals surface area contributed by atoms with Gasteiger partial charge in [-0.05, 0) is 42.0 Å². The van der Waals surface area contributed by atoms with E-state index in [0.717, 1.165) is 60.6 Å². The van der Waals surface area contributed by atoms with Gasteiger partial charge in [0.05, 0.1) is 0 Å². The summed E-state index contributed by atoms with van der Waals surface area (Å²) < 4.78 is 10.7. The Bertz CT molecular complexity index is 857. The second-order valence-corrected chi connectivity index (χ2v) is 7.73. The van der Waals surface area contributed by atoms with Crippen molar-refractivity contribution in [2.75, 3.05) is 38.3 Å². The predicted octanol–water partition coefficient (Wildman–Crippen LogP) is 4.24. The standard InChI is InChI=1S/C19H19Cl2N3O2S/c20-14-2-1-13(16(21)9-14)11-23-5-7-24(8-6-23)19(27)22-15-3-4-17-18(10-15)26-12-25-17/h1-4,9-10H,5-8,11-12H2,(H,22,27). The molecule has 2 aliphatic heterocycles. The maximum atomic E-state index is 6.29. The second-order valence-electron chi connectivity index (χ2n) is 6.50. The number of fused-ring (bicyclic) bond motifs is 1. The number of anilines is 1. The van der Waals surface area contributed by atoms with Crippen LogP contribution >= 0.6 is 35.4 Å². The average Bonchev–Trinajstić information content (AvgIpc) is 3.12. The van der Waals surface area contributed by atoms with Crippen molar-refractivity contribution in [1.82, 2.24) is 9.80 Å². The van der Waals surface area contributed by atoms with Crippen molar-refractivity contribution in [3.05, 3.63) is 52.0 Å². The first-order valence-electron chi connectivity index (χ1n) is 8.70. The van der Waals surface area contributed by atoms with E-state index in [9.17, 15) is 0 Å². The highest BCUT2D eigenvalue weighted by Crippen LogP contribution is 2.34. The Balaban J connectivity index is 1.30. The van der Waals surface area contributed by atoms with Gasteiger partial charge in [0.1, 0.15) is 0 Å². The molecule has 4 rings (SSSR count). The normalized spacial score (nSPS) is 16.4. The number of piperazine rings is 1. The quantitative estimate of drug-likeness (QED) is 0.744. The van der Waals surface area contributed by atoms with Gasteiger partial charge in [-0.3, -0.25) is 4.90 Å². The van der Waals surface area contributed by atoms with Crippen LogP contribution in [0.3, 0.4) is 0 Å². The van der Waals surface area contributed by atoms with Crippen LogP contribution < -0.4 is 14.8 Å². The van der Waals surface area contributed by atoms with Crippen LogP contribution in [0.2, 0.25) is 10.0 Å². The zero-order valence-electron chi connectivity index (χ0n) is 14.6. The summed E-state index contributed by atoms with van der Waals surface area (Å²) in [4.78, 5) is 4.55. The van der Waals surface area contributed by atoms with Crippen LogP contribution in [0.1, 0.15) is 5.56 Å². The molecule has 0 amide bonds. The van der Waals surface area contributed by atoms with Gasteiger partial charge in [0, 0.05) is 54.5 Å². The molecule has 0 spiro atoms. The van der Waals surface area contributed by atoms with E-state index in [-0.39, 0.29) is 6.79 Å². The van der Waals surface area contributed by atoms with Crippen LogP contribution in [-0.2, 0) is 6.54 Å². The minimum atomic E-state index is 0.267. The van der Waals surface area contributed by atoms with E-state index < -0.39 is 0 Å². The number of halogens is 2. The highest BCUT2D eigenvalue weighted by atomic mass is 35.5. The van der Waals surface area contributed by atoms with E-state index in [1.807, 2.05) is 30.3 Å². The third-order valence-electron chi connectivity index (χ3n) is 4.69. The molecular weight excluding hydrogens is 405 g/mol. The lowest BCUT2D eigenvalue weighted by atomic mass is 10.2. The van der Waals surface area contributed by atoms with Crippen molar-refractivity contribution >= 4 is 46.2 Å². The molecule has 27 heavy (non-hydrogen) atoms. The van der Waals surface area contributed by atoms with Gasteiger partial charge in [-0.1, -0.05) is 29.3 Å². The lowest BCUT2D eigenvalue weighted by Gasteiger charge is -2.36. The number of hydrogen-bond donors (Lipinski definition) is 1. The van der Waals surface area contributed by atoms with E-state index in [2.05, 4.69) is 15.1 Å². The number of hydrogen-bond acceptors (Lipinski definition) is 4. The molecule has 1 N–H and O–H groups in total. The van der Waals surface area contributed by atoms with Gasteiger partial charge < -0.3 is 19.7 Å². The molecule has 0 unspecified atom stereocenters. The molecule has 2 aliphatic rings. The van der Waals surface area contributed by atoms with E-state index in [0.29, 0.717) is 10.0 Å². The summed E-state index contributed by atoms with van der Waals surface area (Å²) in [6.45, 7) is 4.64. The van der Waals surface area contributed by atoms with Crippen molar-refractivity contribution in [2.45, 2.75) is 6.54 Å². The molecule has 2 aromatic carbocycles. The molecule has 0 aliphatic carbocycles. The van der Waals surface area contributed by atoms with Crippen molar-refractivity contribution in [2.24, 2.45) is 0 Å². The van der Waals surface area contributed by atoms with Crippen LogP contribution in [0.25, 0.3) is 0 Å². The Labute approximate surface area is 173 Å². The van der Waals surface area contributed by atoms with Gasteiger partial charge in [-0.25, -0.2) is 0 Å². The van der Waals surface area contributed by atoms with Crippen molar-refractivity contribution in [3.8, 4) is 11.5 Å². The average molecular weight is 424 g/mol. The summed E-state index contributed by atoms with van der Waals surface area (Å²) in [5, 5.41) is 5.38. The Morgan fingerprint density at radius 3 is 2.56 bits per heavy atom. The number of thiocarbonyl (C=S) groups is 1. The summed E-state index contributed by atoms with van der Waals surface area (Å²) in [5.41, 5.74) is 2.00. The molecule has 0 atom stereocenters. The lowest BCUT2D eigenvalue weighted by molar-refractivity contribution is 0.174. The molecule has 142 valence electrons. The van der Waals surface area contributed by atoms with Crippen molar-refractivity contribution < 1.29 is 9.47 Å². The SMILES string of the molecule is S=C(Nc1ccc2c(c1)OCO2)N1CCN(Cc2ccc(Cl)cc2Cl)CC1. The first-order valence-corrected chi connectivity index (χ1v) is 9.87. The van der Waals surface area contributed by atoms with Gasteiger partial charge in [-0.15, -0.1) is 0 Å². The van der Waals surface area contributed by atoms with Gasteiger partial charge in [0.25, 0.3) is 0 Å². The topological polar surface area (TPSA) is 37.0 Å². The second kappa shape index (κ2) is 8.10. The number of rotatable bonds is 3. The molecule has 0 saturated carbocycles. The number of benzene rings is 2. The van der Waals surface area contributed by atoms with E-state index in [1.165, 1.54) is 0 Å². The highest BCUT2D eigenvalue weighted by molar-refractivity contribution is 7.80. The van der Waals surface area contributed by atoms with Gasteiger partial charge in [0.15, 0.2) is 16.6 Å². The summed E-state index contributed by atoms with van der Waals surface area (Å²) in [5.74, 6) is 1.51. The summed E-state index contributed by atoms with van der Waals surface area (Å²) in [7, 11) is 0. The molecule has 0 radical (unpaired) electrons. The van der Waals surface area contributed by atoms with Crippen molar-refractivity contribution in [1.29, 1.82) is 0 Å². The number of nitrogens with zero attached hydrogens (tertiary/aromatic N) is 2. The largest absolute Gasteiger partial charge is 0.454 e. The summed E-state index contributed by atoms with van der Waals surface area (Å²) in [6, 6.07) is 11.4. The minimum absolute atomic E-state index is 0.267. The lowest BCUT2D eigenvalue weighted by Crippen LogP contribution is -2.49. The smallest absolute Gasteiger partial charge is 0.231 e. The Kier molecular flexibility index (Phi) is 5.59. The summed E-state index contributed by atoms with van der Waals surface area (Å²) >= 11 is 17.8. The monoisotopic (exact) mass is 423 g/mol. The minimum Gasteiger partial charge on any atom is -0.454 e. The highest BCUT2D eigenvalue weighted by Gasteiger charge is 2.20. The zero-order valence-corrected chi connectivity index (χ0v) is 16.9. The van der Waals surface area contributed by atoms with Gasteiger partial charge >= 0.3 is 0 Å². The van der Waals surface area contributed by atoms with Crippen LogP contribution in [-0.4, -0.2) is 47.9 Å². The van der Waals surface area contributed by atoms with Crippen LogP contribution in [0.4, 0.5) is 5.69 Å². The van der Waals surface area contributed by atoms with Crippen LogP contribution in [0, 0.1) is 0 Å². The molecule has 2 aromatic rings. The third-order valence-corrected chi connectivity index (χ3v) is 5.64. The van der Waals surface area contributed by atoms with Gasteiger partial charge in [0.2, 0.25) is 6.79 Å². The Morgan fingerprint density at radius 1 is 1.00 bits per heavy atom. The Morgan fingerprint density at radius 2 is 1.78 bits per heavy atom. The van der Waals surface area contributed by atoms with Crippen LogP contribution in [0.15, 0.2) is 36.4 Å². The maximum absolute atomic E-state index is 6.29. The van der Waals surface area contributed by atoms with Gasteiger partial charge in [-0.2, -0.15) is 0 Å². The molecule has 1 fully saturated rings.